The summed E-state index contributed by atoms with van der Waals surface area (Å²) in [5, 5.41) is 3.68. The summed E-state index contributed by atoms with van der Waals surface area (Å²) in [6, 6.07) is 3.48. The van der Waals surface area contributed by atoms with Crippen molar-refractivity contribution in [3.05, 3.63) is 47.5 Å². The molecule has 0 unspecified atom stereocenters. The fourth-order valence-electron chi connectivity index (χ4n) is 1.57. The maximum absolute atomic E-state index is 12.4. The molecule has 2 aromatic rings. The highest BCUT2D eigenvalue weighted by Crippen LogP contribution is 2.28. The van der Waals surface area contributed by atoms with Gasteiger partial charge in [-0.25, -0.2) is 0 Å². The molecule has 0 aliphatic heterocycles. The summed E-state index contributed by atoms with van der Waals surface area (Å²) in [6.45, 7) is 0.458. The topological polar surface area (TPSA) is 56.7 Å². The molecule has 0 fully saturated rings. The number of aromatic nitrogens is 3. The number of pyridine rings is 1. The van der Waals surface area contributed by atoms with Crippen LogP contribution >= 0.6 is 0 Å². The molecule has 2 rings (SSSR count). The van der Waals surface area contributed by atoms with E-state index in [0.717, 1.165) is 18.0 Å². The van der Waals surface area contributed by atoms with Crippen LogP contribution in [0.4, 0.5) is 13.2 Å². The Balaban J connectivity index is 2.22. The molecule has 2 heterocycles. The number of nitrogens with zero attached hydrogens (tertiary/aromatic N) is 3. The second-order valence-electron chi connectivity index (χ2n) is 3.74. The molecule has 96 valence electrons. The Hall–Kier alpha value is -1.89. The maximum atomic E-state index is 12.4. The molecular formula is C11H11F3N4. The SMILES string of the molecule is NCc1ncccc1Cn1cc(C(F)(F)F)cn1. The van der Waals surface area contributed by atoms with Crippen LogP contribution in [0.15, 0.2) is 30.7 Å². The minimum absolute atomic E-state index is 0.219. The number of nitrogens with two attached hydrogens (primary N) is 1. The number of rotatable bonds is 3. The van der Waals surface area contributed by atoms with Gasteiger partial charge in [-0.15, -0.1) is 0 Å². The third-order valence-corrected chi connectivity index (χ3v) is 2.47. The molecule has 0 atom stereocenters. The van der Waals surface area contributed by atoms with Crippen molar-refractivity contribution in [3.63, 3.8) is 0 Å². The van der Waals surface area contributed by atoms with Gasteiger partial charge in [0.15, 0.2) is 0 Å². The zero-order valence-corrected chi connectivity index (χ0v) is 9.35. The Labute approximate surface area is 101 Å². The fraction of sp³-hybridized carbons (Fsp3) is 0.273. The lowest BCUT2D eigenvalue weighted by Crippen LogP contribution is -2.09. The summed E-state index contributed by atoms with van der Waals surface area (Å²) in [7, 11) is 0. The third-order valence-electron chi connectivity index (χ3n) is 2.47. The molecule has 0 bridgehead atoms. The van der Waals surface area contributed by atoms with Crippen molar-refractivity contribution in [1.82, 2.24) is 14.8 Å². The van der Waals surface area contributed by atoms with E-state index in [2.05, 4.69) is 10.1 Å². The number of hydrogen-bond donors (Lipinski definition) is 1. The molecule has 2 aromatic heterocycles. The molecule has 7 heteroatoms. The molecule has 2 N–H and O–H groups in total. The van der Waals surface area contributed by atoms with Crippen molar-refractivity contribution in [2.24, 2.45) is 5.73 Å². The zero-order valence-electron chi connectivity index (χ0n) is 9.35. The summed E-state index contributed by atoms with van der Waals surface area (Å²) >= 11 is 0. The summed E-state index contributed by atoms with van der Waals surface area (Å²) in [5.74, 6) is 0. The van der Waals surface area contributed by atoms with Crippen molar-refractivity contribution in [2.45, 2.75) is 19.3 Å². The van der Waals surface area contributed by atoms with Gasteiger partial charge in [-0.05, 0) is 11.6 Å². The Morgan fingerprint density at radius 3 is 2.72 bits per heavy atom. The van der Waals surface area contributed by atoms with Crippen LogP contribution in [-0.4, -0.2) is 14.8 Å². The van der Waals surface area contributed by atoms with E-state index in [-0.39, 0.29) is 13.1 Å². The summed E-state index contributed by atoms with van der Waals surface area (Å²) in [6.07, 6.45) is -1.01. The minimum Gasteiger partial charge on any atom is -0.325 e. The Bertz CT molecular complexity index is 533. The lowest BCUT2D eigenvalue weighted by Gasteiger charge is -2.06. The molecule has 0 saturated carbocycles. The zero-order chi connectivity index (χ0) is 13.2. The predicted octanol–water partition coefficient (Wildman–Crippen LogP) is 1.80. The summed E-state index contributed by atoms with van der Waals surface area (Å²) < 4.78 is 38.4. The van der Waals surface area contributed by atoms with Crippen LogP contribution in [0.2, 0.25) is 0 Å². The van der Waals surface area contributed by atoms with Crippen LogP contribution in [0, 0.1) is 0 Å². The van der Waals surface area contributed by atoms with Crippen LogP contribution in [0.1, 0.15) is 16.8 Å². The highest BCUT2D eigenvalue weighted by Gasteiger charge is 2.32. The first-order valence-electron chi connectivity index (χ1n) is 5.23. The van der Waals surface area contributed by atoms with Crippen molar-refractivity contribution < 1.29 is 13.2 Å². The van der Waals surface area contributed by atoms with E-state index < -0.39 is 11.7 Å². The molecule has 0 aliphatic rings. The first-order valence-corrected chi connectivity index (χ1v) is 5.23. The monoisotopic (exact) mass is 256 g/mol. The molecule has 0 spiro atoms. The van der Waals surface area contributed by atoms with Crippen LogP contribution < -0.4 is 5.73 Å². The minimum atomic E-state index is -4.37. The second kappa shape index (κ2) is 4.77. The lowest BCUT2D eigenvalue weighted by atomic mass is 10.2. The smallest absolute Gasteiger partial charge is 0.325 e. The first-order chi connectivity index (χ1) is 8.50. The van der Waals surface area contributed by atoms with E-state index in [1.165, 1.54) is 4.68 Å². The van der Waals surface area contributed by atoms with Crippen molar-refractivity contribution in [2.75, 3.05) is 0 Å². The highest BCUT2D eigenvalue weighted by molar-refractivity contribution is 5.20. The second-order valence-corrected chi connectivity index (χ2v) is 3.74. The molecule has 4 nitrogen and oxygen atoms in total. The van der Waals surface area contributed by atoms with Gasteiger partial charge in [0.05, 0.1) is 24.0 Å². The lowest BCUT2D eigenvalue weighted by molar-refractivity contribution is -0.137. The number of alkyl halides is 3. The molecule has 0 amide bonds. The molecule has 0 aromatic carbocycles. The third kappa shape index (κ3) is 2.67. The van der Waals surface area contributed by atoms with Crippen LogP contribution in [0.25, 0.3) is 0 Å². The molecular weight excluding hydrogens is 245 g/mol. The summed E-state index contributed by atoms with van der Waals surface area (Å²) in [4.78, 5) is 4.06. The van der Waals surface area contributed by atoms with Gasteiger partial charge in [-0.1, -0.05) is 6.07 Å². The van der Waals surface area contributed by atoms with Crippen LogP contribution in [0.5, 0.6) is 0 Å². The van der Waals surface area contributed by atoms with Crippen molar-refractivity contribution >= 4 is 0 Å². The van der Waals surface area contributed by atoms with Gasteiger partial charge in [-0.2, -0.15) is 18.3 Å². The highest BCUT2D eigenvalue weighted by atomic mass is 19.4. The van der Waals surface area contributed by atoms with Crippen molar-refractivity contribution in [1.29, 1.82) is 0 Å². The largest absolute Gasteiger partial charge is 0.419 e. The van der Waals surface area contributed by atoms with E-state index in [1.807, 2.05) is 0 Å². The van der Waals surface area contributed by atoms with Gasteiger partial charge >= 0.3 is 6.18 Å². The maximum Gasteiger partial charge on any atom is 0.419 e. The quantitative estimate of drug-likeness (QED) is 0.911. The van der Waals surface area contributed by atoms with E-state index in [9.17, 15) is 13.2 Å². The van der Waals surface area contributed by atoms with Gasteiger partial charge < -0.3 is 5.73 Å². The van der Waals surface area contributed by atoms with Gasteiger partial charge in [0.25, 0.3) is 0 Å². The van der Waals surface area contributed by atoms with E-state index in [4.69, 9.17) is 5.73 Å². The molecule has 0 aliphatic carbocycles. The van der Waals surface area contributed by atoms with E-state index in [0.29, 0.717) is 5.69 Å². The van der Waals surface area contributed by atoms with Crippen LogP contribution in [0.3, 0.4) is 0 Å². The fourth-order valence-corrected chi connectivity index (χ4v) is 1.57. The van der Waals surface area contributed by atoms with Gasteiger partial charge in [0.2, 0.25) is 0 Å². The van der Waals surface area contributed by atoms with Gasteiger partial charge in [0.1, 0.15) is 0 Å². The van der Waals surface area contributed by atoms with Gasteiger partial charge in [-0.3, -0.25) is 9.67 Å². The Morgan fingerprint density at radius 2 is 2.11 bits per heavy atom. The van der Waals surface area contributed by atoms with E-state index in [1.54, 1.807) is 18.3 Å². The molecule has 0 saturated heterocycles. The van der Waals surface area contributed by atoms with Crippen LogP contribution in [-0.2, 0) is 19.3 Å². The number of halogens is 3. The van der Waals surface area contributed by atoms with E-state index >= 15 is 0 Å². The predicted molar refractivity (Wildman–Crippen MR) is 58.5 cm³/mol. The molecule has 18 heavy (non-hydrogen) atoms. The summed E-state index contributed by atoms with van der Waals surface area (Å²) in [5.41, 5.74) is 6.16. The average molecular weight is 256 g/mol. The molecule has 0 radical (unpaired) electrons. The number of hydrogen-bond acceptors (Lipinski definition) is 3. The standard InChI is InChI=1S/C11H11F3N4/c12-11(13,14)9-5-17-18(7-9)6-8-2-1-3-16-10(8)4-15/h1-3,5,7H,4,6,15H2. The van der Waals surface area contributed by atoms with Gasteiger partial charge in [0, 0.05) is 18.9 Å². The Morgan fingerprint density at radius 1 is 1.33 bits per heavy atom. The normalized spacial score (nSPS) is 11.8. The van der Waals surface area contributed by atoms with Crippen molar-refractivity contribution in [3.8, 4) is 0 Å². The average Bonchev–Trinajstić information content (AvgIpc) is 2.78. The Kier molecular flexibility index (Phi) is 3.33. The first kappa shape index (κ1) is 12.6.